The molecule has 0 atom stereocenters. The van der Waals surface area contributed by atoms with Gasteiger partial charge >= 0.3 is 6.61 Å². The number of furan rings is 1. The number of hydrogen-bond donors (Lipinski definition) is 0. The van der Waals surface area contributed by atoms with E-state index in [4.69, 9.17) is 9.15 Å². The molecule has 1 heterocycles. The third-order valence-electron chi connectivity index (χ3n) is 2.52. The van der Waals surface area contributed by atoms with Gasteiger partial charge in [-0.1, -0.05) is 12.1 Å². The molecule has 0 unspecified atom stereocenters. The number of rotatable bonds is 6. The second kappa shape index (κ2) is 6.29. The van der Waals surface area contributed by atoms with Crippen molar-refractivity contribution in [1.29, 1.82) is 0 Å². The number of para-hydroxylation sites is 1. The minimum atomic E-state index is -3.00. The zero-order valence-electron chi connectivity index (χ0n) is 10.6. The van der Waals surface area contributed by atoms with Crippen LogP contribution in [0.2, 0.25) is 0 Å². The first kappa shape index (κ1) is 14.2. The van der Waals surface area contributed by atoms with Crippen molar-refractivity contribution < 1.29 is 27.5 Å². The van der Waals surface area contributed by atoms with Gasteiger partial charge in [-0.25, -0.2) is 0 Å². The van der Waals surface area contributed by atoms with E-state index >= 15 is 0 Å². The van der Waals surface area contributed by atoms with Crippen LogP contribution in [0.5, 0.6) is 5.75 Å². The van der Waals surface area contributed by atoms with Crippen molar-refractivity contribution in [3.05, 3.63) is 53.5 Å². The van der Waals surface area contributed by atoms with Gasteiger partial charge in [-0.3, -0.25) is 4.79 Å². The summed E-state index contributed by atoms with van der Waals surface area (Å²) in [6, 6.07) is 8.83. The number of carbonyl (C=O) groups is 1. The fourth-order valence-electron chi connectivity index (χ4n) is 1.71. The molecule has 0 amide bonds. The number of alkyl halides is 2. The minimum absolute atomic E-state index is 0.0196. The topological polar surface area (TPSA) is 48.7 Å². The molecule has 0 fully saturated rings. The summed E-state index contributed by atoms with van der Waals surface area (Å²) in [6.45, 7) is -2.77. The summed E-state index contributed by atoms with van der Waals surface area (Å²) in [7, 11) is 1.50. The summed E-state index contributed by atoms with van der Waals surface area (Å²) in [4.78, 5) is 12.2. The molecule has 0 bridgehead atoms. The van der Waals surface area contributed by atoms with E-state index in [0.29, 0.717) is 5.76 Å². The standard InChI is InChI=1S/C14H12F2O4/c1-18-8-9-6-7-12(19-9)13(17)10-4-2-3-5-11(10)20-14(15)16/h2-7,14H,8H2,1H3. The van der Waals surface area contributed by atoms with Crippen LogP contribution in [0.3, 0.4) is 0 Å². The van der Waals surface area contributed by atoms with Gasteiger partial charge in [0, 0.05) is 7.11 Å². The van der Waals surface area contributed by atoms with Gasteiger partial charge in [0.05, 0.1) is 5.56 Å². The van der Waals surface area contributed by atoms with Crippen molar-refractivity contribution in [1.82, 2.24) is 0 Å². The maximum absolute atomic E-state index is 12.3. The van der Waals surface area contributed by atoms with Crippen molar-refractivity contribution in [2.24, 2.45) is 0 Å². The third kappa shape index (κ3) is 3.21. The Bertz CT molecular complexity index is 592. The van der Waals surface area contributed by atoms with E-state index in [2.05, 4.69) is 4.74 Å². The average Bonchev–Trinajstić information content (AvgIpc) is 2.87. The summed E-state index contributed by atoms with van der Waals surface area (Å²) in [5, 5.41) is 0. The predicted molar refractivity (Wildman–Crippen MR) is 65.9 cm³/mol. The van der Waals surface area contributed by atoms with Crippen LogP contribution in [-0.2, 0) is 11.3 Å². The molecule has 6 heteroatoms. The average molecular weight is 282 g/mol. The molecule has 0 N–H and O–H groups in total. The predicted octanol–water partition coefficient (Wildman–Crippen LogP) is 3.26. The molecule has 4 nitrogen and oxygen atoms in total. The Kier molecular flexibility index (Phi) is 4.47. The summed E-state index contributed by atoms with van der Waals surface area (Å²) in [5.41, 5.74) is 0.0196. The van der Waals surface area contributed by atoms with Crippen LogP contribution in [0.15, 0.2) is 40.8 Å². The van der Waals surface area contributed by atoms with Gasteiger partial charge in [-0.05, 0) is 24.3 Å². The van der Waals surface area contributed by atoms with E-state index < -0.39 is 12.4 Å². The Balaban J connectivity index is 2.27. The number of halogens is 2. The van der Waals surface area contributed by atoms with Gasteiger partial charge in [0.15, 0.2) is 5.76 Å². The number of carbonyl (C=O) groups excluding carboxylic acids is 1. The molecule has 0 radical (unpaired) electrons. The van der Waals surface area contributed by atoms with Crippen molar-refractivity contribution in [2.75, 3.05) is 7.11 Å². The molecular formula is C14H12F2O4. The van der Waals surface area contributed by atoms with E-state index in [1.807, 2.05) is 0 Å². The molecule has 1 aromatic heterocycles. The Morgan fingerprint density at radius 1 is 1.25 bits per heavy atom. The smallest absolute Gasteiger partial charge is 0.387 e. The summed E-state index contributed by atoms with van der Waals surface area (Å²) < 4.78 is 39.1. The van der Waals surface area contributed by atoms with Gasteiger partial charge in [0.2, 0.25) is 5.78 Å². The number of ether oxygens (including phenoxy) is 2. The Labute approximate surface area is 113 Å². The molecule has 20 heavy (non-hydrogen) atoms. The van der Waals surface area contributed by atoms with Gasteiger partial charge in [0.1, 0.15) is 18.1 Å². The first-order valence-electron chi connectivity index (χ1n) is 5.78. The molecule has 0 aliphatic rings. The molecule has 0 spiro atoms. The monoisotopic (exact) mass is 282 g/mol. The summed E-state index contributed by atoms with van der Waals surface area (Å²) >= 11 is 0. The zero-order chi connectivity index (χ0) is 14.5. The quantitative estimate of drug-likeness (QED) is 0.763. The van der Waals surface area contributed by atoms with Crippen molar-refractivity contribution in [3.63, 3.8) is 0 Å². The summed E-state index contributed by atoms with van der Waals surface area (Å²) in [5.74, 6) is -0.189. The SMILES string of the molecule is COCc1ccc(C(=O)c2ccccc2OC(F)F)o1. The van der Waals surface area contributed by atoms with Crippen LogP contribution in [-0.4, -0.2) is 19.5 Å². The van der Waals surface area contributed by atoms with Crippen molar-refractivity contribution in [3.8, 4) is 5.75 Å². The molecule has 0 aliphatic carbocycles. The van der Waals surface area contributed by atoms with Crippen LogP contribution >= 0.6 is 0 Å². The zero-order valence-corrected chi connectivity index (χ0v) is 10.6. The van der Waals surface area contributed by atoms with E-state index in [0.717, 1.165) is 0 Å². The number of methoxy groups -OCH3 is 1. The maximum Gasteiger partial charge on any atom is 0.387 e. The van der Waals surface area contributed by atoms with Gasteiger partial charge < -0.3 is 13.9 Å². The highest BCUT2D eigenvalue weighted by Crippen LogP contribution is 2.24. The molecular weight excluding hydrogens is 270 g/mol. The Morgan fingerprint density at radius 2 is 2.00 bits per heavy atom. The molecule has 2 rings (SSSR count). The van der Waals surface area contributed by atoms with Crippen LogP contribution < -0.4 is 4.74 Å². The van der Waals surface area contributed by atoms with E-state index in [9.17, 15) is 13.6 Å². The lowest BCUT2D eigenvalue weighted by atomic mass is 10.1. The fraction of sp³-hybridized carbons (Fsp3) is 0.214. The second-order valence-corrected chi connectivity index (χ2v) is 3.90. The lowest BCUT2D eigenvalue weighted by Gasteiger charge is -2.08. The molecule has 106 valence electrons. The highest BCUT2D eigenvalue weighted by atomic mass is 19.3. The van der Waals surface area contributed by atoms with Crippen LogP contribution in [0.1, 0.15) is 21.9 Å². The first-order valence-corrected chi connectivity index (χ1v) is 5.78. The van der Waals surface area contributed by atoms with E-state index in [1.54, 1.807) is 12.1 Å². The fourth-order valence-corrected chi connectivity index (χ4v) is 1.71. The molecule has 0 aliphatic heterocycles. The third-order valence-corrected chi connectivity index (χ3v) is 2.52. The highest BCUT2D eigenvalue weighted by Gasteiger charge is 2.19. The van der Waals surface area contributed by atoms with Crippen LogP contribution in [0, 0.1) is 0 Å². The minimum Gasteiger partial charge on any atom is -0.455 e. The number of benzene rings is 1. The van der Waals surface area contributed by atoms with Gasteiger partial charge in [0.25, 0.3) is 0 Å². The molecule has 2 aromatic rings. The lowest BCUT2D eigenvalue weighted by Crippen LogP contribution is -2.08. The maximum atomic E-state index is 12.3. The van der Waals surface area contributed by atoms with Crippen LogP contribution in [0.25, 0.3) is 0 Å². The molecule has 1 aromatic carbocycles. The van der Waals surface area contributed by atoms with Gasteiger partial charge in [-0.15, -0.1) is 0 Å². The van der Waals surface area contributed by atoms with Crippen LogP contribution in [0.4, 0.5) is 8.78 Å². The Hall–Kier alpha value is -2.21. The van der Waals surface area contributed by atoms with E-state index in [-0.39, 0.29) is 23.7 Å². The molecule has 0 saturated carbocycles. The lowest BCUT2D eigenvalue weighted by molar-refractivity contribution is -0.0501. The second-order valence-electron chi connectivity index (χ2n) is 3.90. The Morgan fingerprint density at radius 3 is 2.70 bits per heavy atom. The molecule has 0 saturated heterocycles. The largest absolute Gasteiger partial charge is 0.455 e. The number of hydrogen-bond acceptors (Lipinski definition) is 4. The van der Waals surface area contributed by atoms with Crippen molar-refractivity contribution >= 4 is 5.78 Å². The van der Waals surface area contributed by atoms with Gasteiger partial charge in [-0.2, -0.15) is 8.78 Å². The van der Waals surface area contributed by atoms with Crippen molar-refractivity contribution in [2.45, 2.75) is 13.2 Å². The summed E-state index contributed by atoms with van der Waals surface area (Å²) in [6.07, 6.45) is 0. The highest BCUT2D eigenvalue weighted by molar-refractivity contribution is 6.09. The van der Waals surface area contributed by atoms with E-state index in [1.165, 1.54) is 31.4 Å². The number of ketones is 1. The first-order chi connectivity index (χ1) is 9.61. The normalized spacial score (nSPS) is 10.8.